The first-order valence-electron chi connectivity index (χ1n) is 7.12. The minimum absolute atomic E-state index is 0.731. The van der Waals surface area contributed by atoms with Gasteiger partial charge in [-0.1, -0.05) is 6.92 Å². The van der Waals surface area contributed by atoms with Crippen molar-refractivity contribution in [3.05, 3.63) is 11.9 Å². The van der Waals surface area contributed by atoms with Gasteiger partial charge in [0.15, 0.2) is 0 Å². The lowest BCUT2D eigenvalue weighted by Crippen LogP contribution is -2.29. The number of aromatic nitrogens is 2. The van der Waals surface area contributed by atoms with Crippen molar-refractivity contribution in [2.24, 2.45) is 5.92 Å². The molecule has 1 heterocycles. The van der Waals surface area contributed by atoms with Crippen LogP contribution in [0.1, 0.15) is 38.4 Å². The zero-order valence-corrected chi connectivity index (χ0v) is 11.3. The van der Waals surface area contributed by atoms with E-state index in [1.807, 2.05) is 7.05 Å². The van der Waals surface area contributed by atoms with Crippen LogP contribution in [-0.2, 0) is 6.42 Å². The highest BCUT2D eigenvalue weighted by Gasteiger charge is 2.34. The van der Waals surface area contributed by atoms with Gasteiger partial charge in [-0.25, -0.2) is 9.97 Å². The molecule has 0 aliphatic heterocycles. The number of rotatable bonds is 6. The summed E-state index contributed by atoms with van der Waals surface area (Å²) in [6.45, 7) is 3.30. The van der Waals surface area contributed by atoms with Gasteiger partial charge in [0.1, 0.15) is 17.5 Å². The Labute approximate surface area is 109 Å². The molecule has 0 atom stereocenters. The molecule has 4 nitrogen and oxygen atoms in total. The standard InChI is InChI=1S/C14H22N4/c1-3-12-16-13(15-2)8-14(17-12)18(11-6-7-11)9-10-4-5-10/h8,10-11H,3-7,9H2,1-2H3,(H,15,16,17). The van der Waals surface area contributed by atoms with Crippen LogP contribution in [0.2, 0.25) is 0 Å². The van der Waals surface area contributed by atoms with Crippen molar-refractivity contribution < 1.29 is 0 Å². The van der Waals surface area contributed by atoms with Crippen LogP contribution >= 0.6 is 0 Å². The Morgan fingerprint density at radius 2 is 2.06 bits per heavy atom. The molecule has 98 valence electrons. The van der Waals surface area contributed by atoms with Crippen LogP contribution in [0.4, 0.5) is 11.6 Å². The normalized spacial score (nSPS) is 18.8. The molecule has 0 aromatic carbocycles. The third kappa shape index (κ3) is 2.57. The van der Waals surface area contributed by atoms with Crippen molar-refractivity contribution in [3.8, 4) is 0 Å². The van der Waals surface area contributed by atoms with Gasteiger partial charge in [0.25, 0.3) is 0 Å². The van der Waals surface area contributed by atoms with E-state index in [4.69, 9.17) is 4.98 Å². The number of hydrogen-bond donors (Lipinski definition) is 1. The topological polar surface area (TPSA) is 41.1 Å². The molecule has 1 aromatic heterocycles. The Bertz CT molecular complexity index is 402. The lowest BCUT2D eigenvalue weighted by Gasteiger charge is -2.24. The molecular weight excluding hydrogens is 224 g/mol. The molecule has 0 bridgehead atoms. The average Bonchev–Trinajstić information content (AvgIpc) is 3.28. The largest absolute Gasteiger partial charge is 0.373 e. The average molecular weight is 246 g/mol. The van der Waals surface area contributed by atoms with Crippen molar-refractivity contribution in [1.82, 2.24) is 9.97 Å². The van der Waals surface area contributed by atoms with E-state index in [0.29, 0.717) is 0 Å². The summed E-state index contributed by atoms with van der Waals surface area (Å²) in [5, 5.41) is 3.15. The molecule has 0 amide bonds. The first-order chi connectivity index (χ1) is 8.80. The zero-order chi connectivity index (χ0) is 12.5. The predicted octanol–water partition coefficient (Wildman–Crippen LogP) is 2.46. The molecule has 2 saturated carbocycles. The van der Waals surface area contributed by atoms with Crippen LogP contribution in [-0.4, -0.2) is 29.6 Å². The summed E-state index contributed by atoms with van der Waals surface area (Å²) in [6, 6.07) is 2.83. The smallest absolute Gasteiger partial charge is 0.134 e. The molecule has 0 spiro atoms. The Balaban J connectivity index is 1.86. The van der Waals surface area contributed by atoms with Gasteiger partial charge in [0.05, 0.1) is 0 Å². The molecule has 2 aliphatic carbocycles. The Morgan fingerprint density at radius 3 is 2.61 bits per heavy atom. The quantitative estimate of drug-likeness (QED) is 0.837. The summed E-state index contributed by atoms with van der Waals surface area (Å²) < 4.78 is 0. The molecule has 1 aromatic rings. The van der Waals surface area contributed by atoms with E-state index in [1.165, 1.54) is 32.2 Å². The third-order valence-corrected chi connectivity index (χ3v) is 3.77. The second kappa shape index (κ2) is 4.75. The summed E-state index contributed by atoms with van der Waals surface area (Å²) in [7, 11) is 1.92. The maximum atomic E-state index is 4.72. The summed E-state index contributed by atoms with van der Waals surface area (Å²) >= 11 is 0. The second-order valence-electron chi connectivity index (χ2n) is 5.46. The first kappa shape index (κ1) is 11.8. The van der Waals surface area contributed by atoms with E-state index in [2.05, 4.69) is 28.2 Å². The summed E-state index contributed by atoms with van der Waals surface area (Å²) in [5.41, 5.74) is 0. The zero-order valence-electron chi connectivity index (χ0n) is 11.3. The molecule has 0 saturated heterocycles. The van der Waals surface area contributed by atoms with Crippen molar-refractivity contribution in [3.63, 3.8) is 0 Å². The van der Waals surface area contributed by atoms with Gasteiger partial charge >= 0.3 is 0 Å². The van der Waals surface area contributed by atoms with Gasteiger partial charge in [-0.15, -0.1) is 0 Å². The van der Waals surface area contributed by atoms with E-state index >= 15 is 0 Å². The Hall–Kier alpha value is -1.32. The van der Waals surface area contributed by atoms with Crippen molar-refractivity contribution in [2.75, 3.05) is 23.8 Å². The van der Waals surface area contributed by atoms with Gasteiger partial charge in [-0.3, -0.25) is 0 Å². The van der Waals surface area contributed by atoms with Crippen LogP contribution in [0.5, 0.6) is 0 Å². The van der Waals surface area contributed by atoms with E-state index in [9.17, 15) is 0 Å². The van der Waals surface area contributed by atoms with Crippen LogP contribution < -0.4 is 10.2 Å². The highest BCUT2D eigenvalue weighted by atomic mass is 15.2. The second-order valence-corrected chi connectivity index (χ2v) is 5.46. The van der Waals surface area contributed by atoms with Crippen LogP contribution in [0.15, 0.2) is 6.07 Å². The summed E-state index contributed by atoms with van der Waals surface area (Å²) in [5.74, 6) is 3.92. The predicted molar refractivity (Wildman–Crippen MR) is 74.0 cm³/mol. The number of nitrogens with one attached hydrogen (secondary N) is 1. The monoisotopic (exact) mass is 246 g/mol. The number of aryl methyl sites for hydroxylation is 1. The van der Waals surface area contributed by atoms with Crippen LogP contribution in [0, 0.1) is 5.92 Å². The molecule has 0 radical (unpaired) electrons. The van der Waals surface area contributed by atoms with Crippen molar-refractivity contribution in [2.45, 2.75) is 45.1 Å². The third-order valence-electron chi connectivity index (χ3n) is 3.77. The Kier molecular flexibility index (Phi) is 3.10. The lowest BCUT2D eigenvalue weighted by atomic mass is 10.3. The van der Waals surface area contributed by atoms with E-state index < -0.39 is 0 Å². The number of anilines is 2. The molecule has 18 heavy (non-hydrogen) atoms. The summed E-state index contributed by atoms with van der Waals surface area (Å²) in [6.07, 6.45) is 6.34. The fraction of sp³-hybridized carbons (Fsp3) is 0.714. The molecule has 4 heteroatoms. The van der Waals surface area contributed by atoms with Crippen molar-refractivity contribution in [1.29, 1.82) is 0 Å². The maximum Gasteiger partial charge on any atom is 0.134 e. The van der Waals surface area contributed by atoms with Gasteiger partial charge in [-0.05, 0) is 31.6 Å². The van der Waals surface area contributed by atoms with Gasteiger partial charge in [0, 0.05) is 32.1 Å². The van der Waals surface area contributed by atoms with Crippen LogP contribution in [0.25, 0.3) is 0 Å². The van der Waals surface area contributed by atoms with Crippen molar-refractivity contribution >= 4 is 11.6 Å². The molecule has 1 N–H and O–H groups in total. The molecular formula is C14H22N4. The van der Waals surface area contributed by atoms with Gasteiger partial charge < -0.3 is 10.2 Å². The molecule has 2 aliphatic rings. The first-order valence-corrected chi connectivity index (χ1v) is 7.12. The highest BCUT2D eigenvalue weighted by Crippen LogP contribution is 2.37. The fourth-order valence-electron chi connectivity index (χ4n) is 2.31. The number of nitrogens with zero attached hydrogens (tertiary/aromatic N) is 3. The van der Waals surface area contributed by atoms with Gasteiger partial charge in [0.2, 0.25) is 0 Å². The maximum absolute atomic E-state index is 4.72. The minimum Gasteiger partial charge on any atom is -0.373 e. The molecule has 0 unspecified atom stereocenters. The number of hydrogen-bond acceptors (Lipinski definition) is 4. The summed E-state index contributed by atoms with van der Waals surface area (Å²) in [4.78, 5) is 11.7. The highest BCUT2D eigenvalue weighted by molar-refractivity contribution is 5.51. The molecule has 3 rings (SSSR count). The SMILES string of the molecule is CCc1nc(NC)cc(N(CC2CC2)C2CC2)n1. The lowest BCUT2D eigenvalue weighted by molar-refractivity contribution is 0.704. The van der Waals surface area contributed by atoms with E-state index in [0.717, 1.165) is 35.8 Å². The van der Waals surface area contributed by atoms with E-state index in [-0.39, 0.29) is 0 Å². The minimum atomic E-state index is 0.731. The van der Waals surface area contributed by atoms with Gasteiger partial charge in [-0.2, -0.15) is 0 Å². The Morgan fingerprint density at radius 1 is 1.28 bits per heavy atom. The fourth-order valence-corrected chi connectivity index (χ4v) is 2.31. The van der Waals surface area contributed by atoms with E-state index in [1.54, 1.807) is 0 Å². The van der Waals surface area contributed by atoms with Crippen LogP contribution in [0.3, 0.4) is 0 Å². The molecule has 2 fully saturated rings.